The molecule has 1 spiro atoms. The second-order valence-corrected chi connectivity index (χ2v) is 10.6. The van der Waals surface area contributed by atoms with Crippen LogP contribution in [0.1, 0.15) is 33.6 Å². The fourth-order valence-electron chi connectivity index (χ4n) is 6.67. The van der Waals surface area contributed by atoms with Crippen molar-refractivity contribution in [3.63, 3.8) is 0 Å². The van der Waals surface area contributed by atoms with E-state index >= 15 is 0 Å². The zero-order valence-electron chi connectivity index (χ0n) is 20.6. The molecule has 2 aromatic rings. The van der Waals surface area contributed by atoms with Crippen molar-refractivity contribution in [1.29, 1.82) is 0 Å². The molecule has 8 nitrogen and oxygen atoms in total. The normalized spacial score (nSPS) is 32.2. The fraction of sp³-hybridized carbons (Fsp3) is 0.519. The van der Waals surface area contributed by atoms with Crippen LogP contribution < -0.4 is 10.6 Å². The lowest BCUT2D eigenvalue weighted by atomic mass is 9.66. The molecular formula is C27H33N3O5. The van der Waals surface area contributed by atoms with Crippen molar-refractivity contribution in [3.8, 4) is 0 Å². The Labute approximate surface area is 205 Å². The smallest absolute Gasteiger partial charge is 0.250 e. The molecule has 3 heterocycles. The number of benzene rings is 2. The molecule has 0 aromatic heterocycles. The van der Waals surface area contributed by atoms with E-state index < -0.39 is 35.1 Å². The first kappa shape index (κ1) is 23.8. The number of aliphatic hydroxyl groups is 1. The first-order valence-corrected chi connectivity index (χ1v) is 12.3. The number of rotatable bonds is 6. The van der Waals surface area contributed by atoms with E-state index in [1.807, 2.05) is 63.2 Å². The van der Waals surface area contributed by atoms with E-state index in [4.69, 9.17) is 4.74 Å². The van der Waals surface area contributed by atoms with E-state index in [-0.39, 0.29) is 30.2 Å². The molecule has 6 atom stereocenters. The van der Waals surface area contributed by atoms with Gasteiger partial charge in [-0.1, -0.05) is 44.2 Å². The maximum atomic E-state index is 14.0. The van der Waals surface area contributed by atoms with Gasteiger partial charge in [0, 0.05) is 12.7 Å². The summed E-state index contributed by atoms with van der Waals surface area (Å²) in [5.74, 6) is -2.48. The number of fused-ring (bicyclic) bond motifs is 2. The van der Waals surface area contributed by atoms with E-state index in [9.17, 15) is 19.5 Å². The number of hydrogen-bond acceptors (Lipinski definition) is 5. The van der Waals surface area contributed by atoms with Crippen LogP contribution in [0, 0.1) is 17.8 Å². The average Bonchev–Trinajstić information content (AvgIpc) is 3.40. The van der Waals surface area contributed by atoms with E-state index in [0.717, 1.165) is 10.8 Å². The van der Waals surface area contributed by atoms with Crippen molar-refractivity contribution >= 4 is 34.2 Å². The minimum Gasteiger partial charge on any atom is -0.394 e. The molecular weight excluding hydrogens is 446 g/mol. The summed E-state index contributed by atoms with van der Waals surface area (Å²) in [6, 6.07) is 12.0. The molecule has 2 bridgehead atoms. The molecule has 5 rings (SSSR count). The van der Waals surface area contributed by atoms with Crippen molar-refractivity contribution in [2.45, 2.75) is 56.9 Å². The van der Waals surface area contributed by atoms with Gasteiger partial charge in [-0.2, -0.15) is 0 Å². The summed E-state index contributed by atoms with van der Waals surface area (Å²) >= 11 is 0. The van der Waals surface area contributed by atoms with E-state index in [1.165, 1.54) is 4.90 Å². The Hall–Kier alpha value is -2.97. The van der Waals surface area contributed by atoms with E-state index in [1.54, 1.807) is 7.05 Å². The van der Waals surface area contributed by atoms with Crippen LogP contribution in [0.2, 0.25) is 0 Å². The quantitative estimate of drug-likeness (QED) is 0.589. The third-order valence-corrected chi connectivity index (χ3v) is 8.32. The van der Waals surface area contributed by atoms with Gasteiger partial charge in [0.1, 0.15) is 11.6 Å². The Morgan fingerprint density at radius 2 is 1.86 bits per heavy atom. The Morgan fingerprint density at radius 1 is 1.14 bits per heavy atom. The number of carbonyl (C=O) groups excluding carboxylic acids is 3. The number of aliphatic hydroxyl groups excluding tert-OH is 1. The third kappa shape index (κ3) is 3.37. The van der Waals surface area contributed by atoms with Crippen LogP contribution in [0.25, 0.3) is 10.8 Å². The number of nitrogens with one attached hydrogen (secondary N) is 2. The van der Waals surface area contributed by atoms with Gasteiger partial charge < -0.3 is 25.4 Å². The summed E-state index contributed by atoms with van der Waals surface area (Å²) in [5.41, 5.74) is -1.32. The first-order valence-electron chi connectivity index (χ1n) is 12.3. The molecule has 0 radical (unpaired) electrons. The number of likely N-dealkylation sites (tertiary alicyclic amines) is 1. The zero-order valence-corrected chi connectivity index (χ0v) is 20.6. The predicted molar refractivity (Wildman–Crippen MR) is 131 cm³/mol. The van der Waals surface area contributed by atoms with Crippen molar-refractivity contribution in [2.75, 3.05) is 19.0 Å². The van der Waals surface area contributed by atoms with E-state index in [0.29, 0.717) is 18.5 Å². The highest BCUT2D eigenvalue weighted by molar-refractivity contribution is 6.04. The molecule has 3 N–H and O–H groups in total. The second kappa shape index (κ2) is 8.31. The Balaban J connectivity index is 1.57. The maximum Gasteiger partial charge on any atom is 0.250 e. The lowest BCUT2D eigenvalue weighted by Gasteiger charge is -2.38. The van der Waals surface area contributed by atoms with Crippen molar-refractivity contribution < 1.29 is 24.2 Å². The topological polar surface area (TPSA) is 108 Å². The van der Waals surface area contributed by atoms with Gasteiger partial charge in [0.25, 0.3) is 0 Å². The molecule has 186 valence electrons. The van der Waals surface area contributed by atoms with Crippen LogP contribution in [0.3, 0.4) is 0 Å². The van der Waals surface area contributed by atoms with Gasteiger partial charge in [-0.3, -0.25) is 14.4 Å². The molecule has 3 amide bonds. The van der Waals surface area contributed by atoms with Crippen LogP contribution in [-0.4, -0.2) is 64.7 Å². The highest BCUT2D eigenvalue weighted by Gasteiger charge is 2.78. The minimum atomic E-state index is -1.12. The SMILES string of the molecule is CNC(=O)[C@H]1[C@H]2C(=O)N([C@@H](CO)C(C)C)C(C(=O)Nc3ccc4ccccc4c3)C23CC[C@]1(C)O3. The molecule has 8 heteroatoms. The number of hydrogen-bond donors (Lipinski definition) is 3. The summed E-state index contributed by atoms with van der Waals surface area (Å²) in [6.45, 7) is 5.40. The first-order chi connectivity index (χ1) is 16.7. The molecule has 2 aromatic carbocycles. The summed E-state index contributed by atoms with van der Waals surface area (Å²) in [4.78, 5) is 42.4. The molecule has 0 saturated carbocycles. The van der Waals surface area contributed by atoms with Gasteiger partial charge in [0.15, 0.2) is 0 Å². The van der Waals surface area contributed by atoms with Crippen LogP contribution in [0.15, 0.2) is 42.5 Å². The van der Waals surface area contributed by atoms with Crippen LogP contribution in [0.5, 0.6) is 0 Å². The van der Waals surface area contributed by atoms with Gasteiger partial charge >= 0.3 is 0 Å². The molecule has 3 saturated heterocycles. The van der Waals surface area contributed by atoms with Gasteiger partial charge in [0.05, 0.1) is 30.1 Å². The number of carbonyl (C=O) groups is 3. The summed E-state index contributed by atoms with van der Waals surface area (Å²) in [7, 11) is 1.55. The molecule has 3 aliphatic rings. The molecule has 3 aliphatic heterocycles. The Kier molecular flexibility index (Phi) is 5.64. The predicted octanol–water partition coefficient (Wildman–Crippen LogP) is 2.31. The molecule has 35 heavy (non-hydrogen) atoms. The summed E-state index contributed by atoms with van der Waals surface area (Å²) in [6.07, 6.45) is 1.07. The zero-order chi connectivity index (χ0) is 25.1. The third-order valence-electron chi connectivity index (χ3n) is 8.32. The van der Waals surface area contributed by atoms with Gasteiger partial charge in [0.2, 0.25) is 17.7 Å². The largest absolute Gasteiger partial charge is 0.394 e. The average molecular weight is 480 g/mol. The number of anilines is 1. The van der Waals surface area contributed by atoms with Gasteiger partial charge in [-0.25, -0.2) is 0 Å². The number of amides is 3. The van der Waals surface area contributed by atoms with Gasteiger partial charge in [-0.05, 0) is 48.6 Å². The highest BCUT2D eigenvalue weighted by atomic mass is 16.5. The van der Waals surface area contributed by atoms with E-state index in [2.05, 4.69) is 10.6 Å². The molecule has 3 fully saturated rings. The Morgan fingerprint density at radius 3 is 2.51 bits per heavy atom. The van der Waals surface area contributed by atoms with Crippen molar-refractivity contribution in [2.24, 2.45) is 17.8 Å². The highest BCUT2D eigenvalue weighted by Crippen LogP contribution is 2.63. The second-order valence-electron chi connectivity index (χ2n) is 10.6. The minimum absolute atomic E-state index is 0.0959. The molecule has 2 unspecified atom stereocenters. The lowest BCUT2D eigenvalue weighted by molar-refractivity contribution is -0.149. The maximum absolute atomic E-state index is 14.0. The lowest BCUT2D eigenvalue weighted by Crippen LogP contribution is -2.57. The molecule has 0 aliphatic carbocycles. The fourth-order valence-corrected chi connectivity index (χ4v) is 6.67. The van der Waals surface area contributed by atoms with Crippen LogP contribution in [0.4, 0.5) is 5.69 Å². The van der Waals surface area contributed by atoms with Crippen molar-refractivity contribution in [1.82, 2.24) is 10.2 Å². The van der Waals surface area contributed by atoms with Crippen LogP contribution >= 0.6 is 0 Å². The van der Waals surface area contributed by atoms with Crippen LogP contribution in [-0.2, 0) is 19.1 Å². The summed E-state index contributed by atoms with van der Waals surface area (Å²) < 4.78 is 6.56. The number of ether oxygens (including phenoxy) is 1. The van der Waals surface area contributed by atoms with Gasteiger partial charge in [-0.15, -0.1) is 0 Å². The van der Waals surface area contributed by atoms with Crippen molar-refractivity contribution in [3.05, 3.63) is 42.5 Å². The monoisotopic (exact) mass is 479 g/mol. The Bertz CT molecular complexity index is 1200. The summed E-state index contributed by atoms with van der Waals surface area (Å²) in [5, 5.41) is 18.0. The number of nitrogens with zero attached hydrogens (tertiary/aromatic N) is 1. The standard InChI is InChI=1S/C27H33N3O5/c1-15(2)19(14-31)30-22(24(33)29-18-10-9-16-7-5-6-8-17(16)13-18)27-12-11-26(3,35-27)20(23(32)28-4)21(27)25(30)34/h5-10,13,15,19-22,31H,11-12,14H2,1-4H3,(H,28,32)(H,29,33)/t19-,20+,21-,22?,26-,27?/m0/s1.